The number of hydrogen-bond acceptors (Lipinski definition) is 4. The fourth-order valence-electron chi connectivity index (χ4n) is 1.52. The van der Waals surface area contributed by atoms with E-state index in [0.29, 0.717) is 32.7 Å². The summed E-state index contributed by atoms with van der Waals surface area (Å²) in [5, 5.41) is -0.767. The molecule has 0 aromatic carbocycles. The third-order valence-electron chi connectivity index (χ3n) is 2.15. The van der Waals surface area contributed by atoms with Crippen LogP contribution >= 0.6 is 0 Å². The van der Waals surface area contributed by atoms with Crippen molar-refractivity contribution in [2.45, 2.75) is 18.7 Å². The van der Waals surface area contributed by atoms with Crippen LogP contribution in [0.25, 0.3) is 0 Å². The Labute approximate surface area is 78.4 Å². The van der Waals surface area contributed by atoms with Crippen LogP contribution in [-0.4, -0.2) is 49.5 Å². The molecule has 78 valence electrons. The van der Waals surface area contributed by atoms with Gasteiger partial charge >= 0.3 is 0 Å². The minimum atomic E-state index is -3.94. The van der Waals surface area contributed by atoms with Gasteiger partial charge in [0.05, 0.1) is 13.2 Å². The van der Waals surface area contributed by atoms with Gasteiger partial charge in [-0.25, -0.2) is 0 Å². The van der Waals surface area contributed by atoms with Gasteiger partial charge in [0, 0.05) is 13.1 Å². The molecule has 0 aromatic heterocycles. The molecule has 1 saturated heterocycles. The molecule has 0 aromatic rings. The van der Waals surface area contributed by atoms with Gasteiger partial charge in [-0.05, 0) is 6.42 Å². The standard InChI is InChI=1S/C7H15NO4S/c1-2-7(13(9,10)11)8-3-5-12-6-4-8/h7H,2-6H2,1H3,(H,9,10,11). The van der Waals surface area contributed by atoms with Crippen LogP contribution in [0, 0.1) is 0 Å². The Bertz CT molecular complexity index is 245. The fourth-order valence-corrected chi connectivity index (χ4v) is 2.53. The molecule has 5 nitrogen and oxygen atoms in total. The van der Waals surface area contributed by atoms with Crippen molar-refractivity contribution in [2.24, 2.45) is 0 Å². The van der Waals surface area contributed by atoms with Crippen LogP contribution in [0.4, 0.5) is 0 Å². The topological polar surface area (TPSA) is 66.8 Å². The van der Waals surface area contributed by atoms with Crippen molar-refractivity contribution in [1.29, 1.82) is 0 Å². The van der Waals surface area contributed by atoms with Gasteiger partial charge in [-0.3, -0.25) is 9.45 Å². The highest BCUT2D eigenvalue weighted by Crippen LogP contribution is 2.12. The maximum absolute atomic E-state index is 10.9. The Morgan fingerprint density at radius 3 is 2.38 bits per heavy atom. The average Bonchev–Trinajstić information content (AvgIpc) is 2.05. The molecule has 1 fully saturated rings. The van der Waals surface area contributed by atoms with E-state index in [-0.39, 0.29) is 0 Å². The highest BCUT2D eigenvalue weighted by atomic mass is 32.2. The molecule has 0 bridgehead atoms. The van der Waals surface area contributed by atoms with Gasteiger partial charge < -0.3 is 4.74 Å². The average molecular weight is 209 g/mol. The van der Waals surface area contributed by atoms with E-state index in [1.54, 1.807) is 11.8 Å². The van der Waals surface area contributed by atoms with E-state index in [1.807, 2.05) is 0 Å². The molecule has 0 aliphatic carbocycles. The number of rotatable bonds is 3. The van der Waals surface area contributed by atoms with E-state index in [0.717, 1.165) is 0 Å². The molecular weight excluding hydrogens is 194 g/mol. The normalized spacial score (nSPS) is 22.9. The van der Waals surface area contributed by atoms with Crippen LogP contribution < -0.4 is 0 Å². The zero-order valence-electron chi connectivity index (χ0n) is 7.64. The maximum atomic E-state index is 10.9. The van der Waals surface area contributed by atoms with Gasteiger partial charge in [0.1, 0.15) is 5.37 Å². The summed E-state index contributed by atoms with van der Waals surface area (Å²) in [6.45, 7) is 3.95. The van der Waals surface area contributed by atoms with Crippen LogP contribution in [0.1, 0.15) is 13.3 Å². The van der Waals surface area contributed by atoms with Gasteiger partial charge in [-0.2, -0.15) is 8.42 Å². The van der Waals surface area contributed by atoms with Crippen molar-refractivity contribution >= 4 is 10.1 Å². The van der Waals surface area contributed by atoms with Gasteiger partial charge in [0.15, 0.2) is 0 Å². The van der Waals surface area contributed by atoms with E-state index in [4.69, 9.17) is 9.29 Å². The summed E-state index contributed by atoms with van der Waals surface area (Å²) in [7, 11) is -3.94. The largest absolute Gasteiger partial charge is 0.379 e. The van der Waals surface area contributed by atoms with E-state index < -0.39 is 15.5 Å². The van der Waals surface area contributed by atoms with Crippen molar-refractivity contribution in [1.82, 2.24) is 4.90 Å². The summed E-state index contributed by atoms with van der Waals surface area (Å²) in [6, 6.07) is 0. The van der Waals surface area contributed by atoms with Gasteiger partial charge in [-0.15, -0.1) is 0 Å². The summed E-state index contributed by atoms with van der Waals surface area (Å²) in [5.74, 6) is 0. The lowest BCUT2D eigenvalue weighted by atomic mass is 10.3. The van der Waals surface area contributed by atoms with Crippen molar-refractivity contribution in [3.8, 4) is 0 Å². The van der Waals surface area contributed by atoms with E-state index in [9.17, 15) is 8.42 Å². The van der Waals surface area contributed by atoms with Gasteiger partial charge in [0.25, 0.3) is 10.1 Å². The first-order chi connectivity index (χ1) is 6.05. The molecule has 1 N–H and O–H groups in total. The Hall–Kier alpha value is -0.170. The van der Waals surface area contributed by atoms with Crippen LogP contribution in [0.3, 0.4) is 0 Å². The van der Waals surface area contributed by atoms with Crippen molar-refractivity contribution in [2.75, 3.05) is 26.3 Å². The van der Waals surface area contributed by atoms with Crippen LogP contribution in [-0.2, 0) is 14.9 Å². The number of nitrogens with zero attached hydrogens (tertiary/aromatic N) is 1. The summed E-state index contributed by atoms with van der Waals surface area (Å²) in [4.78, 5) is 1.73. The maximum Gasteiger partial charge on any atom is 0.281 e. The third kappa shape index (κ3) is 2.91. The van der Waals surface area contributed by atoms with Crippen LogP contribution in [0.2, 0.25) is 0 Å². The minimum Gasteiger partial charge on any atom is -0.379 e. The second kappa shape index (κ2) is 4.36. The predicted molar refractivity (Wildman–Crippen MR) is 48.0 cm³/mol. The van der Waals surface area contributed by atoms with Crippen molar-refractivity contribution in [3.05, 3.63) is 0 Å². The zero-order chi connectivity index (χ0) is 9.90. The number of hydrogen-bond donors (Lipinski definition) is 1. The van der Waals surface area contributed by atoms with Crippen molar-refractivity contribution in [3.63, 3.8) is 0 Å². The second-order valence-corrected chi connectivity index (χ2v) is 4.60. The third-order valence-corrected chi connectivity index (χ3v) is 3.47. The first-order valence-electron chi connectivity index (χ1n) is 4.33. The molecule has 6 heteroatoms. The lowest BCUT2D eigenvalue weighted by molar-refractivity contribution is 0.0292. The molecule has 0 amide bonds. The monoisotopic (exact) mass is 209 g/mol. The Morgan fingerprint density at radius 2 is 2.00 bits per heavy atom. The predicted octanol–water partition coefficient (Wildman–Crippen LogP) is -0.0575. The van der Waals surface area contributed by atoms with Gasteiger partial charge in [-0.1, -0.05) is 6.92 Å². The molecule has 1 aliphatic heterocycles. The molecule has 0 radical (unpaired) electrons. The van der Waals surface area contributed by atoms with Gasteiger partial charge in [0.2, 0.25) is 0 Å². The number of ether oxygens (including phenoxy) is 1. The summed E-state index contributed by atoms with van der Waals surface area (Å²) in [6.07, 6.45) is 0.402. The summed E-state index contributed by atoms with van der Waals surface area (Å²) in [5.41, 5.74) is 0. The second-order valence-electron chi connectivity index (χ2n) is 3.03. The molecule has 0 saturated carbocycles. The molecule has 1 aliphatic rings. The van der Waals surface area contributed by atoms with E-state index in [2.05, 4.69) is 0 Å². The quantitative estimate of drug-likeness (QED) is 0.660. The fraction of sp³-hybridized carbons (Fsp3) is 1.00. The molecule has 1 unspecified atom stereocenters. The Balaban J connectivity index is 2.65. The first-order valence-corrected chi connectivity index (χ1v) is 5.84. The minimum absolute atomic E-state index is 0.402. The summed E-state index contributed by atoms with van der Waals surface area (Å²) >= 11 is 0. The SMILES string of the molecule is CCC(N1CCOCC1)S(=O)(=O)O. The Kier molecular flexibility index (Phi) is 3.66. The smallest absolute Gasteiger partial charge is 0.281 e. The lowest BCUT2D eigenvalue weighted by Crippen LogP contribution is -2.46. The molecule has 0 spiro atoms. The van der Waals surface area contributed by atoms with Crippen LogP contribution in [0.5, 0.6) is 0 Å². The Morgan fingerprint density at radius 1 is 1.46 bits per heavy atom. The molecule has 1 heterocycles. The molecule has 1 rings (SSSR count). The first kappa shape index (κ1) is 10.9. The zero-order valence-corrected chi connectivity index (χ0v) is 8.46. The van der Waals surface area contributed by atoms with E-state index >= 15 is 0 Å². The lowest BCUT2D eigenvalue weighted by Gasteiger charge is -2.31. The molecule has 1 atom stereocenters. The van der Waals surface area contributed by atoms with Crippen molar-refractivity contribution < 1.29 is 17.7 Å². The highest BCUT2D eigenvalue weighted by Gasteiger charge is 2.29. The molecular formula is C7H15NO4S. The molecule has 13 heavy (non-hydrogen) atoms. The highest BCUT2D eigenvalue weighted by molar-refractivity contribution is 7.86. The number of morpholine rings is 1. The van der Waals surface area contributed by atoms with E-state index in [1.165, 1.54) is 0 Å². The van der Waals surface area contributed by atoms with Crippen LogP contribution in [0.15, 0.2) is 0 Å². The summed E-state index contributed by atoms with van der Waals surface area (Å²) < 4.78 is 35.9.